The molecule has 0 aliphatic rings. The summed E-state index contributed by atoms with van der Waals surface area (Å²) >= 11 is 0. The molecule has 0 amide bonds. The molecule has 0 aliphatic carbocycles. The van der Waals surface area contributed by atoms with Crippen molar-refractivity contribution in [1.82, 2.24) is 0 Å². The van der Waals surface area contributed by atoms with E-state index < -0.39 is 17.7 Å². The predicted octanol–water partition coefficient (Wildman–Crippen LogP) is 6.94. The fourth-order valence-corrected chi connectivity index (χ4v) is 3.80. The van der Waals surface area contributed by atoms with Crippen LogP contribution in [-0.4, -0.2) is 38.2 Å². The molecule has 0 aromatic heterocycles. The third kappa shape index (κ3) is 9.49. The van der Waals surface area contributed by atoms with Gasteiger partial charge in [0, 0.05) is 11.1 Å². The average Bonchev–Trinajstić information content (AvgIpc) is 3.01. The topological polar surface area (TPSA) is 87.9 Å². The van der Waals surface area contributed by atoms with Gasteiger partial charge in [-0.25, -0.2) is 4.79 Å². The molecular formula is C32H31F3N2O6. The Balaban J connectivity index is 1.75. The van der Waals surface area contributed by atoms with Crippen LogP contribution in [0.2, 0.25) is 0 Å². The summed E-state index contributed by atoms with van der Waals surface area (Å²) in [7, 11) is 2.71. The first-order valence-corrected chi connectivity index (χ1v) is 12.9. The molecule has 0 bridgehead atoms. The molecule has 0 aliphatic heterocycles. The molecule has 0 unspecified atom stereocenters. The van der Waals surface area contributed by atoms with E-state index in [1.54, 1.807) is 61.5 Å². The number of ether oxygens (including phenoxy) is 3. The van der Waals surface area contributed by atoms with Gasteiger partial charge >= 0.3 is 12.1 Å². The lowest BCUT2D eigenvalue weighted by Gasteiger charge is -2.12. The number of halogens is 3. The second kappa shape index (κ2) is 15.8. The number of nitrogens with zero attached hydrogens (tertiary/aromatic N) is 2. The van der Waals surface area contributed by atoms with E-state index in [1.807, 2.05) is 0 Å². The van der Waals surface area contributed by atoms with Crippen LogP contribution in [0.3, 0.4) is 0 Å². The first-order chi connectivity index (χ1) is 20.7. The van der Waals surface area contributed by atoms with E-state index in [9.17, 15) is 18.0 Å². The molecular weight excluding hydrogens is 565 g/mol. The van der Waals surface area contributed by atoms with Crippen molar-refractivity contribution < 1.29 is 41.9 Å². The monoisotopic (exact) mass is 596 g/mol. The maximum atomic E-state index is 13.0. The first kappa shape index (κ1) is 32.5. The third-order valence-electron chi connectivity index (χ3n) is 5.85. The van der Waals surface area contributed by atoms with E-state index in [0.717, 1.165) is 12.1 Å². The number of benzene rings is 3. The van der Waals surface area contributed by atoms with Crippen molar-refractivity contribution >= 4 is 23.0 Å². The van der Waals surface area contributed by atoms with Crippen molar-refractivity contribution in [3.05, 3.63) is 120 Å². The van der Waals surface area contributed by atoms with Gasteiger partial charge in [0.25, 0.3) is 0 Å². The highest BCUT2D eigenvalue weighted by molar-refractivity contribution is 6.47. The maximum Gasteiger partial charge on any atom is 0.416 e. The summed E-state index contributed by atoms with van der Waals surface area (Å²) in [6, 6.07) is 18.8. The smallest absolute Gasteiger partial charge is 0.416 e. The SMILES string of the molecule is C=CCON=C(C(C)=NOCc1ccccc1C(=COC)C(=O)OC)c1ccc(OCc2cccc(C(F)(F)F)c2)cc1. The van der Waals surface area contributed by atoms with Gasteiger partial charge in [0.1, 0.15) is 42.6 Å². The van der Waals surface area contributed by atoms with Gasteiger partial charge in [-0.15, -0.1) is 0 Å². The second-order valence-electron chi connectivity index (χ2n) is 8.90. The Morgan fingerprint density at radius 3 is 2.35 bits per heavy atom. The first-order valence-electron chi connectivity index (χ1n) is 12.9. The van der Waals surface area contributed by atoms with Crippen LogP contribution < -0.4 is 4.74 Å². The summed E-state index contributed by atoms with van der Waals surface area (Å²) in [5.41, 5.74) is 2.48. The lowest BCUT2D eigenvalue weighted by Crippen LogP contribution is -2.14. The quantitative estimate of drug-likeness (QED) is 0.0381. The molecule has 226 valence electrons. The Bertz CT molecular complexity index is 1480. The molecule has 0 atom stereocenters. The number of oxime groups is 2. The number of hydrogen-bond acceptors (Lipinski definition) is 8. The van der Waals surface area contributed by atoms with Crippen LogP contribution in [0.15, 0.2) is 102 Å². The molecule has 3 aromatic carbocycles. The van der Waals surface area contributed by atoms with Gasteiger partial charge in [-0.3, -0.25) is 0 Å². The molecule has 0 saturated heterocycles. The Labute approximate surface area is 247 Å². The molecule has 3 rings (SSSR count). The zero-order valence-electron chi connectivity index (χ0n) is 23.9. The Morgan fingerprint density at radius 1 is 0.930 bits per heavy atom. The van der Waals surface area contributed by atoms with Gasteiger partial charge in [0.15, 0.2) is 0 Å². The molecule has 43 heavy (non-hydrogen) atoms. The number of hydrogen-bond donors (Lipinski definition) is 0. The van der Waals surface area contributed by atoms with Gasteiger partial charge in [-0.2, -0.15) is 13.2 Å². The lowest BCUT2D eigenvalue weighted by molar-refractivity contribution is -0.137. The van der Waals surface area contributed by atoms with Crippen LogP contribution in [-0.2, 0) is 43.3 Å². The standard InChI is InChI=1S/C32H31F3N2O6/c1-5-17-42-37-30(22(2)36-43-20-25-10-6-7-12-28(25)29(21-39-3)31(38)40-4)24-13-15-27(16-14-24)41-19-23-9-8-11-26(18-23)32(33,34)35/h5-16,18,21H,1,17,19-20H2,2-4H3. The van der Waals surface area contributed by atoms with E-state index >= 15 is 0 Å². The van der Waals surface area contributed by atoms with Crippen LogP contribution in [0.5, 0.6) is 5.75 Å². The molecule has 0 N–H and O–H groups in total. The predicted molar refractivity (Wildman–Crippen MR) is 156 cm³/mol. The molecule has 0 fully saturated rings. The minimum atomic E-state index is -4.43. The van der Waals surface area contributed by atoms with Crippen molar-refractivity contribution in [2.24, 2.45) is 10.3 Å². The summed E-state index contributed by atoms with van der Waals surface area (Å²) in [6.07, 6.45) is -1.59. The van der Waals surface area contributed by atoms with Gasteiger partial charge in [-0.05, 0) is 54.4 Å². The van der Waals surface area contributed by atoms with Crippen LogP contribution in [0.25, 0.3) is 5.57 Å². The Hall–Kier alpha value is -5.06. The van der Waals surface area contributed by atoms with Crippen LogP contribution in [0, 0.1) is 0 Å². The highest BCUT2D eigenvalue weighted by atomic mass is 19.4. The highest BCUT2D eigenvalue weighted by Gasteiger charge is 2.30. The zero-order valence-corrected chi connectivity index (χ0v) is 23.9. The molecule has 0 radical (unpaired) electrons. The highest BCUT2D eigenvalue weighted by Crippen LogP contribution is 2.30. The number of alkyl halides is 3. The van der Waals surface area contributed by atoms with Gasteiger partial charge in [-0.1, -0.05) is 59.4 Å². The van der Waals surface area contributed by atoms with E-state index in [0.29, 0.717) is 39.4 Å². The minimum absolute atomic E-state index is 0.0225. The minimum Gasteiger partial charge on any atom is -0.503 e. The van der Waals surface area contributed by atoms with E-state index in [2.05, 4.69) is 16.9 Å². The Kier molecular flexibility index (Phi) is 11.9. The van der Waals surface area contributed by atoms with Crippen molar-refractivity contribution in [1.29, 1.82) is 0 Å². The number of carbonyl (C=O) groups excluding carboxylic acids is 1. The zero-order chi connectivity index (χ0) is 31.2. The number of methoxy groups -OCH3 is 2. The summed E-state index contributed by atoms with van der Waals surface area (Å²) < 4.78 is 54.6. The van der Waals surface area contributed by atoms with Gasteiger partial charge < -0.3 is 23.9 Å². The van der Waals surface area contributed by atoms with Crippen LogP contribution in [0.1, 0.15) is 34.7 Å². The lowest BCUT2D eigenvalue weighted by atomic mass is 10.0. The van der Waals surface area contributed by atoms with Gasteiger partial charge in [0.05, 0.1) is 26.0 Å². The molecule has 3 aromatic rings. The summed E-state index contributed by atoms with van der Waals surface area (Å²) in [5.74, 6) is -0.120. The number of esters is 1. The summed E-state index contributed by atoms with van der Waals surface area (Å²) in [4.78, 5) is 23.2. The molecule has 0 saturated carbocycles. The van der Waals surface area contributed by atoms with Crippen molar-refractivity contribution in [2.75, 3.05) is 20.8 Å². The summed E-state index contributed by atoms with van der Waals surface area (Å²) in [5, 5.41) is 8.37. The maximum absolute atomic E-state index is 13.0. The fraction of sp³-hybridized carbons (Fsp3) is 0.219. The van der Waals surface area contributed by atoms with Crippen LogP contribution in [0.4, 0.5) is 13.2 Å². The number of carbonyl (C=O) groups is 1. The second-order valence-corrected chi connectivity index (χ2v) is 8.90. The van der Waals surface area contributed by atoms with Crippen molar-refractivity contribution in [3.63, 3.8) is 0 Å². The fourth-order valence-electron chi connectivity index (χ4n) is 3.80. The van der Waals surface area contributed by atoms with E-state index in [4.69, 9.17) is 23.9 Å². The number of rotatable bonds is 14. The van der Waals surface area contributed by atoms with Crippen LogP contribution >= 0.6 is 0 Å². The summed E-state index contributed by atoms with van der Waals surface area (Å²) in [6.45, 7) is 5.44. The molecule has 0 heterocycles. The van der Waals surface area contributed by atoms with E-state index in [-0.39, 0.29) is 25.4 Å². The van der Waals surface area contributed by atoms with Crippen molar-refractivity contribution in [3.8, 4) is 5.75 Å². The largest absolute Gasteiger partial charge is 0.503 e. The van der Waals surface area contributed by atoms with Crippen molar-refractivity contribution in [2.45, 2.75) is 26.3 Å². The average molecular weight is 597 g/mol. The molecule has 8 nitrogen and oxygen atoms in total. The molecule has 0 spiro atoms. The molecule has 11 heteroatoms. The van der Waals surface area contributed by atoms with Gasteiger partial charge in [0.2, 0.25) is 0 Å². The third-order valence-corrected chi connectivity index (χ3v) is 5.85. The normalized spacial score (nSPS) is 12.4. The van der Waals surface area contributed by atoms with E-state index in [1.165, 1.54) is 32.6 Å². The Morgan fingerprint density at radius 2 is 1.67 bits per heavy atom.